The van der Waals surface area contributed by atoms with E-state index < -0.39 is 20.2 Å². The molecule has 2 fully saturated rings. The summed E-state index contributed by atoms with van der Waals surface area (Å²) in [6, 6.07) is 8.32. The fraction of sp³-hybridized carbons (Fsp3) is 0.562. The van der Waals surface area contributed by atoms with Gasteiger partial charge in [-0.25, -0.2) is 8.42 Å². The maximum absolute atomic E-state index is 13.2. The van der Waals surface area contributed by atoms with Gasteiger partial charge >= 0.3 is 0 Å². The van der Waals surface area contributed by atoms with Crippen molar-refractivity contribution in [3.8, 4) is 0 Å². The van der Waals surface area contributed by atoms with Gasteiger partial charge in [0.1, 0.15) is 10.5 Å². The molecule has 1 aromatic rings. The number of carbonyl (C=O) groups is 1. The van der Waals surface area contributed by atoms with Crippen LogP contribution in [0.3, 0.4) is 0 Å². The minimum Gasteiger partial charge on any atom is -0.388 e. The average molecular weight is 308 g/mol. The molecule has 0 heterocycles. The van der Waals surface area contributed by atoms with Crippen LogP contribution >= 0.6 is 0 Å². The van der Waals surface area contributed by atoms with Gasteiger partial charge in [-0.05, 0) is 31.4 Å². The molecule has 2 saturated carbocycles. The van der Waals surface area contributed by atoms with Crippen molar-refractivity contribution in [2.45, 2.75) is 60.2 Å². The quantitative estimate of drug-likeness (QED) is 0.909. The Labute approximate surface area is 125 Å². The van der Waals surface area contributed by atoms with Crippen molar-refractivity contribution in [3.63, 3.8) is 0 Å². The zero-order valence-corrected chi connectivity index (χ0v) is 12.7. The zero-order chi connectivity index (χ0) is 15.1. The smallest absolute Gasteiger partial charge is 0.186 e. The van der Waals surface area contributed by atoms with E-state index in [4.69, 9.17) is 0 Å². The molecule has 1 N–H and O–H groups in total. The normalized spacial score (nSPS) is 33.5. The van der Waals surface area contributed by atoms with E-state index in [9.17, 15) is 18.3 Å². The number of rotatable bonds is 2. The molecule has 2 aliphatic rings. The lowest BCUT2D eigenvalue weighted by molar-refractivity contribution is -0.134. The Kier molecular flexibility index (Phi) is 3.45. The number of hydrogen-bond donors (Lipinski definition) is 1. The van der Waals surface area contributed by atoms with Crippen molar-refractivity contribution in [1.82, 2.24) is 0 Å². The Morgan fingerprint density at radius 1 is 1.00 bits per heavy atom. The van der Waals surface area contributed by atoms with Gasteiger partial charge in [0, 0.05) is 12.8 Å². The van der Waals surface area contributed by atoms with Crippen molar-refractivity contribution < 1.29 is 18.3 Å². The van der Waals surface area contributed by atoms with E-state index in [-0.39, 0.29) is 29.9 Å². The van der Waals surface area contributed by atoms with E-state index >= 15 is 0 Å². The summed E-state index contributed by atoms with van der Waals surface area (Å²) in [6.45, 7) is 0. The molecule has 0 aromatic heterocycles. The van der Waals surface area contributed by atoms with Crippen molar-refractivity contribution in [2.75, 3.05) is 0 Å². The first kappa shape index (κ1) is 14.7. The number of aliphatic hydroxyl groups is 1. The summed E-state index contributed by atoms with van der Waals surface area (Å²) in [5, 5.41) is 11.0. The molecular formula is C16H20O4S. The fourth-order valence-electron chi connectivity index (χ4n) is 4.00. The Hall–Kier alpha value is -1.20. The van der Waals surface area contributed by atoms with Gasteiger partial charge in [-0.1, -0.05) is 31.0 Å². The number of Topliss-reactive ketones (excluding diaryl/α,β-unsaturated/α-hetero) is 1. The summed E-state index contributed by atoms with van der Waals surface area (Å²) in [5.74, 6) is -0.0294. The zero-order valence-electron chi connectivity index (χ0n) is 11.9. The highest BCUT2D eigenvalue weighted by atomic mass is 32.2. The molecule has 2 atom stereocenters. The second-order valence-corrected chi connectivity index (χ2v) is 8.52. The molecule has 0 spiro atoms. The Balaban J connectivity index is 2.14. The number of carbonyl (C=O) groups excluding carboxylic acids is 1. The first-order chi connectivity index (χ1) is 9.91. The number of benzene rings is 1. The number of hydrogen-bond acceptors (Lipinski definition) is 4. The molecule has 114 valence electrons. The van der Waals surface area contributed by atoms with Crippen LogP contribution in [0.5, 0.6) is 0 Å². The highest BCUT2D eigenvalue weighted by molar-refractivity contribution is 7.93. The predicted octanol–water partition coefficient (Wildman–Crippen LogP) is 2.26. The summed E-state index contributed by atoms with van der Waals surface area (Å²) in [6.07, 6.45) is 2.84. The third kappa shape index (κ3) is 2.06. The number of fused-ring (bicyclic) bond motifs is 1. The van der Waals surface area contributed by atoms with Crippen LogP contribution in [0.2, 0.25) is 0 Å². The number of ketones is 1. The molecule has 0 saturated heterocycles. The first-order valence-corrected chi connectivity index (χ1v) is 8.93. The summed E-state index contributed by atoms with van der Waals surface area (Å²) in [4.78, 5) is 12.0. The van der Waals surface area contributed by atoms with Gasteiger partial charge < -0.3 is 5.11 Å². The molecule has 0 bridgehead atoms. The molecule has 3 rings (SSSR count). The van der Waals surface area contributed by atoms with E-state index in [2.05, 4.69) is 0 Å². The van der Waals surface area contributed by atoms with Crippen molar-refractivity contribution in [3.05, 3.63) is 30.3 Å². The second kappa shape index (κ2) is 4.92. The van der Waals surface area contributed by atoms with Crippen LogP contribution in [0, 0.1) is 0 Å². The second-order valence-electron chi connectivity index (χ2n) is 6.26. The van der Waals surface area contributed by atoms with Crippen molar-refractivity contribution in [2.24, 2.45) is 0 Å². The molecule has 0 unspecified atom stereocenters. The van der Waals surface area contributed by atoms with Crippen LogP contribution in [0.15, 0.2) is 35.2 Å². The lowest BCUT2D eigenvalue weighted by Crippen LogP contribution is -2.63. The van der Waals surface area contributed by atoms with E-state index in [0.29, 0.717) is 12.8 Å². The van der Waals surface area contributed by atoms with E-state index in [1.165, 1.54) is 0 Å². The molecule has 0 amide bonds. The maximum atomic E-state index is 13.2. The molecule has 1 aromatic carbocycles. The van der Waals surface area contributed by atoms with Gasteiger partial charge in [-0.3, -0.25) is 4.79 Å². The molecule has 5 heteroatoms. The fourth-order valence-corrected chi connectivity index (χ4v) is 6.42. The predicted molar refractivity (Wildman–Crippen MR) is 78.6 cm³/mol. The van der Waals surface area contributed by atoms with E-state index in [1.807, 2.05) is 0 Å². The van der Waals surface area contributed by atoms with Gasteiger partial charge in [-0.15, -0.1) is 0 Å². The van der Waals surface area contributed by atoms with Crippen molar-refractivity contribution in [1.29, 1.82) is 0 Å². The topological polar surface area (TPSA) is 71.4 Å². The Bertz CT molecular complexity index is 652. The highest BCUT2D eigenvalue weighted by Crippen LogP contribution is 2.52. The summed E-state index contributed by atoms with van der Waals surface area (Å²) in [5.41, 5.74) is -1.41. The van der Waals surface area contributed by atoms with E-state index in [0.717, 1.165) is 12.8 Å². The third-order valence-electron chi connectivity index (χ3n) is 5.13. The standard InChI is InChI=1S/C16H20O4S/c17-13-8-11-16(10-5-4-9-15(16,18)12-13)21(19,20)14-6-2-1-3-7-14/h1-3,6-7,18H,4-5,8-12H2/t15-,16+/m0/s1. The molecule has 0 radical (unpaired) electrons. The van der Waals surface area contributed by atoms with Crippen molar-refractivity contribution >= 4 is 15.6 Å². The SMILES string of the molecule is O=C1CC[C@]2(S(=O)(=O)c3ccccc3)CCCC[C@]2(O)C1. The van der Waals surface area contributed by atoms with Gasteiger partial charge in [0.2, 0.25) is 0 Å². The molecular weight excluding hydrogens is 288 g/mol. The lowest BCUT2D eigenvalue weighted by Gasteiger charge is -2.52. The monoisotopic (exact) mass is 308 g/mol. The van der Waals surface area contributed by atoms with Crippen LogP contribution in [0.1, 0.15) is 44.9 Å². The number of sulfone groups is 1. The van der Waals surface area contributed by atoms with Crippen LogP contribution in [-0.4, -0.2) is 29.7 Å². The highest BCUT2D eigenvalue weighted by Gasteiger charge is 2.62. The van der Waals surface area contributed by atoms with Gasteiger partial charge in [-0.2, -0.15) is 0 Å². The molecule has 21 heavy (non-hydrogen) atoms. The minimum atomic E-state index is -3.67. The van der Waals surface area contributed by atoms with Crippen LogP contribution < -0.4 is 0 Å². The minimum absolute atomic E-state index is 0.0287. The Morgan fingerprint density at radius 2 is 1.67 bits per heavy atom. The average Bonchev–Trinajstić information content (AvgIpc) is 2.47. The van der Waals surface area contributed by atoms with Gasteiger partial charge in [0.05, 0.1) is 10.5 Å². The largest absolute Gasteiger partial charge is 0.388 e. The molecule has 2 aliphatic carbocycles. The summed E-state index contributed by atoms with van der Waals surface area (Å²) < 4.78 is 25.2. The van der Waals surface area contributed by atoms with E-state index in [1.54, 1.807) is 30.3 Å². The lowest BCUT2D eigenvalue weighted by atomic mass is 9.66. The van der Waals surface area contributed by atoms with Gasteiger partial charge in [0.25, 0.3) is 0 Å². The first-order valence-electron chi connectivity index (χ1n) is 7.45. The molecule has 0 aliphatic heterocycles. The summed E-state index contributed by atoms with van der Waals surface area (Å²) >= 11 is 0. The van der Waals surface area contributed by atoms with Crippen LogP contribution in [0.4, 0.5) is 0 Å². The summed E-state index contributed by atoms with van der Waals surface area (Å²) in [7, 11) is -3.67. The Morgan fingerprint density at radius 3 is 2.38 bits per heavy atom. The molecule has 4 nitrogen and oxygen atoms in total. The maximum Gasteiger partial charge on any atom is 0.186 e. The van der Waals surface area contributed by atoms with Gasteiger partial charge in [0.15, 0.2) is 9.84 Å². The van der Waals surface area contributed by atoms with Crippen LogP contribution in [0.25, 0.3) is 0 Å². The van der Waals surface area contributed by atoms with Crippen LogP contribution in [-0.2, 0) is 14.6 Å². The third-order valence-corrected chi connectivity index (χ3v) is 7.84.